The maximum absolute atomic E-state index is 11.7. The number of rotatable bonds is 8. The Morgan fingerprint density at radius 1 is 1.38 bits per heavy atom. The van der Waals surface area contributed by atoms with Crippen LogP contribution in [0.3, 0.4) is 0 Å². The Kier molecular flexibility index (Phi) is 5.22. The van der Waals surface area contributed by atoms with Gasteiger partial charge in [0.05, 0.1) is 12.1 Å². The number of amides is 1. The molecule has 1 fully saturated rings. The normalized spacial score (nSPS) is 16.2. The maximum Gasteiger partial charge on any atom is 0.234 e. The lowest BCUT2D eigenvalue weighted by atomic mass is 9.93. The van der Waals surface area contributed by atoms with Gasteiger partial charge >= 0.3 is 0 Å². The Bertz CT molecular complexity index is 214. The average molecular weight is 227 g/mol. The minimum atomic E-state index is -0.210. The summed E-state index contributed by atoms with van der Waals surface area (Å²) in [6, 6.07) is 0. The molecular formula is C12H25N3O. The van der Waals surface area contributed by atoms with Crippen LogP contribution in [0.1, 0.15) is 39.5 Å². The molecule has 0 radical (unpaired) electrons. The zero-order valence-electron chi connectivity index (χ0n) is 10.5. The highest BCUT2D eigenvalue weighted by atomic mass is 16.2. The minimum absolute atomic E-state index is 0.0646. The van der Waals surface area contributed by atoms with Gasteiger partial charge in [-0.2, -0.15) is 0 Å². The first-order chi connectivity index (χ1) is 7.65. The Labute approximate surface area is 98.3 Å². The van der Waals surface area contributed by atoms with Crippen molar-refractivity contribution in [3.8, 4) is 0 Å². The van der Waals surface area contributed by atoms with E-state index in [0.717, 1.165) is 25.3 Å². The van der Waals surface area contributed by atoms with Crippen molar-refractivity contribution in [2.75, 3.05) is 19.6 Å². The summed E-state index contributed by atoms with van der Waals surface area (Å²) in [6.07, 6.45) is 4.39. The Morgan fingerprint density at radius 3 is 2.44 bits per heavy atom. The number of hydrogen-bond donors (Lipinski definition) is 3. The van der Waals surface area contributed by atoms with Gasteiger partial charge in [0, 0.05) is 6.54 Å². The summed E-state index contributed by atoms with van der Waals surface area (Å²) in [5.41, 5.74) is 5.52. The lowest BCUT2D eigenvalue weighted by molar-refractivity contribution is -0.122. The van der Waals surface area contributed by atoms with Crippen molar-refractivity contribution in [3.63, 3.8) is 0 Å². The van der Waals surface area contributed by atoms with E-state index < -0.39 is 0 Å². The van der Waals surface area contributed by atoms with Crippen molar-refractivity contribution in [2.24, 2.45) is 11.7 Å². The van der Waals surface area contributed by atoms with E-state index >= 15 is 0 Å². The standard InChI is InChI=1S/C12H25N3O/c1-3-12(4-2,9-13)15-11(16)8-14-7-10-5-6-10/h10,14H,3-9,13H2,1-2H3,(H,15,16). The SMILES string of the molecule is CCC(CC)(CN)NC(=O)CNCC1CC1. The first kappa shape index (κ1) is 13.5. The second kappa shape index (κ2) is 6.21. The van der Waals surface area contributed by atoms with E-state index in [9.17, 15) is 4.79 Å². The third-order valence-electron chi connectivity index (χ3n) is 3.56. The molecular weight excluding hydrogens is 202 g/mol. The molecule has 1 aliphatic carbocycles. The lowest BCUT2D eigenvalue weighted by Crippen LogP contribution is -2.54. The molecule has 4 N–H and O–H groups in total. The zero-order chi connectivity index (χ0) is 12.0. The molecule has 0 aromatic rings. The lowest BCUT2D eigenvalue weighted by Gasteiger charge is -2.31. The smallest absolute Gasteiger partial charge is 0.234 e. The zero-order valence-corrected chi connectivity index (χ0v) is 10.5. The van der Waals surface area contributed by atoms with Crippen LogP contribution < -0.4 is 16.4 Å². The molecule has 0 atom stereocenters. The third-order valence-corrected chi connectivity index (χ3v) is 3.56. The van der Waals surface area contributed by atoms with Gasteiger partial charge in [0.1, 0.15) is 0 Å². The third kappa shape index (κ3) is 4.10. The fraction of sp³-hybridized carbons (Fsp3) is 0.917. The van der Waals surface area contributed by atoms with E-state index in [0.29, 0.717) is 13.1 Å². The summed E-state index contributed by atoms with van der Waals surface area (Å²) in [5, 5.41) is 6.24. The van der Waals surface area contributed by atoms with Crippen molar-refractivity contribution < 1.29 is 4.79 Å². The predicted octanol–water partition coefficient (Wildman–Crippen LogP) is 0.620. The molecule has 0 heterocycles. The number of hydrogen-bond acceptors (Lipinski definition) is 3. The van der Waals surface area contributed by atoms with Crippen molar-refractivity contribution in [1.82, 2.24) is 10.6 Å². The van der Waals surface area contributed by atoms with Crippen LogP contribution in [0.25, 0.3) is 0 Å². The minimum Gasteiger partial charge on any atom is -0.348 e. The molecule has 1 aliphatic rings. The number of nitrogens with one attached hydrogen (secondary N) is 2. The van der Waals surface area contributed by atoms with Crippen LogP contribution >= 0.6 is 0 Å². The van der Waals surface area contributed by atoms with E-state index in [-0.39, 0.29) is 11.4 Å². The van der Waals surface area contributed by atoms with Gasteiger partial charge in [0.2, 0.25) is 5.91 Å². The highest BCUT2D eigenvalue weighted by Crippen LogP contribution is 2.27. The van der Waals surface area contributed by atoms with Gasteiger partial charge in [-0.1, -0.05) is 13.8 Å². The highest BCUT2D eigenvalue weighted by molar-refractivity contribution is 5.78. The van der Waals surface area contributed by atoms with Crippen LogP contribution in [-0.2, 0) is 4.79 Å². The summed E-state index contributed by atoms with van der Waals surface area (Å²) in [7, 11) is 0. The molecule has 0 bridgehead atoms. The molecule has 1 amide bonds. The largest absolute Gasteiger partial charge is 0.348 e. The number of nitrogens with two attached hydrogens (primary N) is 1. The quantitative estimate of drug-likeness (QED) is 0.569. The van der Waals surface area contributed by atoms with Gasteiger partial charge in [0.25, 0.3) is 0 Å². The van der Waals surface area contributed by atoms with Gasteiger partial charge in [0.15, 0.2) is 0 Å². The first-order valence-corrected chi connectivity index (χ1v) is 6.37. The second-order valence-corrected chi connectivity index (χ2v) is 4.81. The first-order valence-electron chi connectivity index (χ1n) is 6.37. The van der Waals surface area contributed by atoms with Crippen LogP contribution in [0.15, 0.2) is 0 Å². The van der Waals surface area contributed by atoms with Gasteiger partial charge in [-0.15, -0.1) is 0 Å². The molecule has 4 heteroatoms. The molecule has 4 nitrogen and oxygen atoms in total. The second-order valence-electron chi connectivity index (χ2n) is 4.81. The van der Waals surface area contributed by atoms with Crippen LogP contribution in [0.2, 0.25) is 0 Å². The molecule has 0 saturated heterocycles. The fourth-order valence-electron chi connectivity index (χ4n) is 1.82. The summed E-state index contributed by atoms with van der Waals surface area (Å²) < 4.78 is 0. The number of carbonyl (C=O) groups excluding carboxylic acids is 1. The molecule has 1 rings (SSSR count). The topological polar surface area (TPSA) is 67.1 Å². The molecule has 0 spiro atoms. The van der Waals surface area contributed by atoms with E-state index in [4.69, 9.17) is 5.73 Å². The predicted molar refractivity (Wildman–Crippen MR) is 66.1 cm³/mol. The maximum atomic E-state index is 11.7. The Balaban J connectivity index is 2.23. The van der Waals surface area contributed by atoms with Crippen molar-refractivity contribution in [2.45, 2.75) is 45.1 Å². The van der Waals surface area contributed by atoms with Crippen LogP contribution in [0.5, 0.6) is 0 Å². The molecule has 0 unspecified atom stereocenters. The van der Waals surface area contributed by atoms with E-state index in [1.54, 1.807) is 0 Å². The Morgan fingerprint density at radius 2 is 2.00 bits per heavy atom. The summed E-state index contributed by atoms with van der Waals surface area (Å²) >= 11 is 0. The van der Waals surface area contributed by atoms with Gasteiger partial charge in [-0.3, -0.25) is 4.79 Å². The Hall–Kier alpha value is -0.610. The number of carbonyl (C=O) groups is 1. The van der Waals surface area contributed by atoms with Gasteiger partial charge in [-0.05, 0) is 38.1 Å². The average Bonchev–Trinajstić information content (AvgIpc) is 3.10. The van der Waals surface area contributed by atoms with Crippen molar-refractivity contribution in [3.05, 3.63) is 0 Å². The van der Waals surface area contributed by atoms with Crippen LogP contribution in [0.4, 0.5) is 0 Å². The van der Waals surface area contributed by atoms with Crippen LogP contribution in [0, 0.1) is 5.92 Å². The van der Waals surface area contributed by atoms with Crippen molar-refractivity contribution >= 4 is 5.91 Å². The highest BCUT2D eigenvalue weighted by Gasteiger charge is 2.26. The van der Waals surface area contributed by atoms with Gasteiger partial charge < -0.3 is 16.4 Å². The van der Waals surface area contributed by atoms with Crippen LogP contribution in [-0.4, -0.2) is 31.1 Å². The van der Waals surface area contributed by atoms with E-state index in [2.05, 4.69) is 24.5 Å². The monoisotopic (exact) mass is 227 g/mol. The van der Waals surface area contributed by atoms with Crippen molar-refractivity contribution in [1.29, 1.82) is 0 Å². The summed E-state index contributed by atoms with van der Waals surface area (Å²) in [4.78, 5) is 11.7. The molecule has 0 aromatic carbocycles. The molecule has 94 valence electrons. The summed E-state index contributed by atoms with van der Waals surface area (Å²) in [5.74, 6) is 0.874. The van der Waals surface area contributed by atoms with Gasteiger partial charge in [-0.25, -0.2) is 0 Å². The molecule has 1 saturated carbocycles. The fourth-order valence-corrected chi connectivity index (χ4v) is 1.82. The summed E-state index contributed by atoms with van der Waals surface area (Å²) in [6.45, 7) is 6.02. The molecule has 16 heavy (non-hydrogen) atoms. The van der Waals surface area contributed by atoms with E-state index in [1.807, 2.05) is 0 Å². The molecule has 0 aliphatic heterocycles. The molecule has 0 aromatic heterocycles. The van der Waals surface area contributed by atoms with E-state index in [1.165, 1.54) is 12.8 Å².